The molecule has 0 amide bonds. The van der Waals surface area contributed by atoms with Crippen molar-refractivity contribution in [3.05, 3.63) is 47.0 Å². The fourth-order valence-corrected chi connectivity index (χ4v) is 4.99. The van der Waals surface area contributed by atoms with Crippen molar-refractivity contribution in [1.82, 2.24) is 5.32 Å². The molecule has 0 spiro atoms. The molecule has 1 saturated heterocycles. The first-order valence-electron chi connectivity index (χ1n) is 9.34. The molecule has 0 saturated carbocycles. The second kappa shape index (κ2) is 5.89. The van der Waals surface area contributed by atoms with Crippen LogP contribution in [0.5, 0.6) is 5.75 Å². The van der Waals surface area contributed by atoms with E-state index >= 15 is 0 Å². The number of ether oxygens (including phenoxy) is 1. The molecular formula is C21H21F3N2O. The Hall–Kier alpha value is -2.21. The highest BCUT2D eigenvalue weighted by atomic mass is 19.4. The van der Waals surface area contributed by atoms with Crippen molar-refractivity contribution in [2.75, 3.05) is 38.2 Å². The van der Waals surface area contributed by atoms with Gasteiger partial charge in [0.2, 0.25) is 0 Å². The molecule has 27 heavy (non-hydrogen) atoms. The summed E-state index contributed by atoms with van der Waals surface area (Å²) in [5, 5.41) is 3.46. The van der Waals surface area contributed by atoms with Crippen LogP contribution in [0.15, 0.2) is 30.3 Å². The number of fused-ring (bicyclic) bond motifs is 2. The van der Waals surface area contributed by atoms with Crippen molar-refractivity contribution in [1.29, 1.82) is 0 Å². The maximum atomic E-state index is 13.7. The summed E-state index contributed by atoms with van der Waals surface area (Å²) in [6.45, 7) is 3.90. The van der Waals surface area contributed by atoms with Crippen molar-refractivity contribution < 1.29 is 17.9 Å². The van der Waals surface area contributed by atoms with Crippen LogP contribution < -0.4 is 15.0 Å². The molecule has 142 valence electrons. The first-order valence-corrected chi connectivity index (χ1v) is 9.34. The second-order valence-corrected chi connectivity index (χ2v) is 7.70. The summed E-state index contributed by atoms with van der Waals surface area (Å²) in [6.07, 6.45) is -3.52. The Morgan fingerprint density at radius 1 is 1.15 bits per heavy atom. The van der Waals surface area contributed by atoms with Crippen LogP contribution in [0.2, 0.25) is 0 Å². The molecule has 0 unspecified atom stereocenters. The average molecular weight is 374 g/mol. The van der Waals surface area contributed by atoms with Gasteiger partial charge in [0.25, 0.3) is 0 Å². The normalized spacial score (nSPS) is 23.3. The lowest BCUT2D eigenvalue weighted by Gasteiger charge is -2.35. The summed E-state index contributed by atoms with van der Waals surface area (Å²) in [5.74, 6) is 1.15. The zero-order valence-corrected chi connectivity index (χ0v) is 15.1. The lowest BCUT2D eigenvalue weighted by atomic mass is 9.81. The average Bonchev–Trinajstić information content (AvgIpc) is 3.28. The number of benzene rings is 2. The zero-order valence-electron chi connectivity index (χ0n) is 15.1. The van der Waals surface area contributed by atoms with Crippen molar-refractivity contribution >= 4 is 5.69 Å². The molecule has 1 fully saturated rings. The number of hydrogen-bond donors (Lipinski definition) is 1. The van der Waals surface area contributed by atoms with Crippen LogP contribution in [0.25, 0.3) is 11.1 Å². The van der Waals surface area contributed by atoms with Crippen LogP contribution in [-0.4, -0.2) is 33.3 Å². The Kier molecular flexibility index (Phi) is 3.69. The van der Waals surface area contributed by atoms with E-state index in [4.69, 9.17) is 4.74 Å². The van der Waals surface area contributed by atoms with Gasteiger partial charge in [-0.2, -0.15) is 13.2 Å². The van der Waals surface area contributed by atoms with Crippen molar-refractivity contribution in [3.8, 4) is 16.9 Å². The molecule has 3 aliphatic rings. The van der Waals surface area contributed by atoms with Gasteiger partial charge in [0.05, 0.1) is 12.7 Å². The van der Waals surface area contributed by atoms with E-state index < -0.39 is 11.7 Å². The Labute approximate surface area is 156 Å². The van der Waals surface area contributed by atoms with E-state index in [2.05, 4.69) is 10.2 Å². The van der Waals surface area contributed by atoms with Gasteiger partial charge in [0.15, 0.2) is 0 Å². The summed E-state index contributed by atoms with van der Waals surface area (Å²) in [4.78, 5) is 2.42. The number of rotatable bonds is 2. The van der Waals surface area contributed by atoms with Gasteiger partial charge >= 0.3 is 6.18 Å². The number of methoxy groups -OCH3 is 1. The molecular weight excluding hydrogens is 353 g/mol. The Bertz CT molecular complexity index is 909. The molecule has 0 bridgehead atoms. The Morgan fingerprint density at radius 3 is 2.78 bits per heavy atom. The van der Waals surface area contributed by atoms with Crippen LogP contribution in [0.4, 0.5) is 18.9 Å². The number of anilines is 1. The number of nitrogens with one attached hydrogen (secondary N) is 1. The lowest BCUT2D eigenvalue weighted by molar-refractivity contribution is -0.137. The quantitative estimate of drug-likeness (QED) is 0.858. The molecule has 2 aromatic rings. The van der Waals surface area contributed by atoms with E-state index in [9.17, 15) is 13.2 Å². The van der Waals surface area contributed by atoms with E-state index in [1.165, 1.54) is 30.0 Å². The largest absolute Gasteiger partial charge is 0.497 e. The summed E-state index contributed by atoms with van der Waals surface area (Å²) in [5.41, 5.74) is 3.91. The Balaban J connectivity index is 1.69. The second-order valence-electron chi connectivity index (χ2n) is 7.70. The molecule has 5 rings (SSSR count). The van der Waals surface area contributed by atoms with Crippen molar-refractivity contribution in [2.45, 2.75) is 18.5 Å². The third kappa shape index (κ3) is 2.61. The first kappa shape index (κ1) is 16.9. The monoisotopic (exact) mass is 374 g/mol. The molecule has 3 aliphatic heterocycles. The molecule has 0 aliphatic carbocycles. The van der Waals surface area contributed by atoms with E-state index in [1.807, 2.05) is 12.1 Å². The summed E-state index contributed by atoms with van der Waals surface area (Å²) >= 11 is 0. The molecule has 0 aromatic heterocycles. The molecule has 2 atom stereocenters. The molecule has 3 heterocycles. The van der Waals surface area contributed by atoms with Crippen molar-refractivity contribution in [2.24, 2.45) is 5.92 Å². The SMILES string of the molecule is COc1ccc(-c2cc3c4c(c2)[C@@H]2CNC[C@@H]2CN4CC3)c(C(F)(F)F)c1. The number of nitrogens with zero attached hydrogens (tertiary/aromatic N) is 1. The predicted molar refractivity (Wildman–Crippen MR) is 98.4 cm³/mol. The lowest BCUT2D eigenvalue weighted by Crippen LogP contribution is -2.35. The minimum Gasteiger partial charge on any atom is -0.497 e. The van der Waals surface area contributed by atoms with Gasteiger partial charge < -0.3 is 15.0 Å². The minimum absolute atomic E-state index is 0.222. The molecule has 1 N–H and O–H groups in total. The van der Waals surface area contributed by atoms with Crippen LogP contribution in [0.3, 0.4) is 0 Å². The zero-order chi connectivity index (χ0) is 18.8. The minimum atomic E-state index is -4.43. The smallest absolute Gasteiger partial charge is 0.417 e. The van der Waals surface area contributed by atoms with Crippen LogP contribution >= 0.6 is 0 Å². The molecule has 2 aromatic carbocycles. The van der Waals surface area contributed by atoms with Gasteiger partial charge in [-0.15, -0.1) is 0 Å². The summed E-state index contributed by atoms with van der Waals surface area (Å²) < 4.78 is 46.2. The van der Waals surface area contributed by atoms with Crippen LogP contribution in [0.1, 0.15) is 22.6 Å². The summed E-state index contributed by atoms with van der Waals surface area (Å²) in [6, 6.07) is 8.20. The highest BCUT2D eigenvalue weighted by Gasteiger charge is 2.40. The maximum absolute atomic E-state index is 13.7. The van der Waals surface area contributed by atoms with E-state index in [0.29, 0.717) is 17.4 Å². The van der Waals surface area contributed by atoms with E-state index in [-0.39, 0.29) is 11.3 Å². The molecule has 6 heteroatoms. The van der Waals surface area contributed by atoms with Crippen LogP contribution in [-0.2, 0) is 12.6 Å². The number of hydrogen-bond acceptors (Lipinski definition) is 3. The Morgan fingerprint density at radius 2 is 2.00 bits per heavy atom. The highest BCUT2D eigenvalue weighted by molar-refractivity contribution is 5.78. The number of alkyl halides is 3. The highest BCUT2D eigenvalue weighted by Crippen LogP contribution is 2.48. The number of halogens is 3. The van der Waals surface area contributed by atoms with Crippen LogP contribution in [0, 0.1) is 5.92 Å². The van der Waals surface area contributed by atoms with Crippen molar-refractivity contribution in [3.63, 3.8) is 0 Å². The van der Waals surface area contributed by atoms with Gasteiger partial charge in [-0.05, 0) is 58.9 Å². The van der Waals surface area contributed by atoms with Gasteiger partial charge in [0.1, 0.15) is 5.75 Å². The van der Waals surface area contributed by atoms with Gasteiger partial charge in [-0.1, -0.05) is 6.07 Å². The third-order valence-electron chi connectivity index (χ3n) is 6.22. The molecule has 0 radical (unpaired) electrons. The fraction of sp³-hybridized carbons (Fsp3) is 0.429. The van der Waals surface area contributed by atoms with Gasteiger partial charge in [-0.3, -0.25) is 0 Å². The van der Waals surface area contributed by atoms with Gasteiger partial charge in [0, 0.05) is 37.8 Å². The topological polar surface area (TPSA) is 24.5 Å². The maximum Gasteiger partial charge on any atom is 0.417 e. The fourth-order valence-electron chi connectivity index (χ4n) is 4.99. The first-order chi connectivity index (χ1) is 13.0. The van der Waals surface area contributed by atoms with E-state index in [0.717, 1.165) is 38.7 Å². The standard InChI is InChI=1S/C21H21F3N2O/c1-27-15-2-3-16(19(8-15)21(22,23)24)13-6-12-4-5-26-11-14-9-25-10-18(14)17(7-13)20(12)26/h2-3,6-8,14,18,25H,4-5,9-11H2,1H3/t14-,18-/m1/s1. The van der Waals surface area contributed by atoms with Gasteiger partial charge in [-0.25, -0.2) is 0 Å². The van der Waals surface area contributed by atoms with E-state index in [1.54, 1.807) is 6.07 Å². The predicted octanol–water partition coefficient (Wildman–Crippen LogP) is 4.06. The third-order valence-corrected chi connectivity index (χ3v) is 6.22. The summed E-state index contributed by atoms with van der Waals surface area (Å²) in [7, 11) is 1.39. The molecule has 3 nitrogen and oxygen atoms in total.